The van der Waals surface area contributed by atoms with E-state index in [0.717, 1.165) is 32.1 Å². The zero-order chi connectivity index (χ0) is 13.7. The second-order valence-corrected chi connectivity index (χ2v) is 5.61. The first kappa shape index (κ1) is 14.3. The molecule has 106 valence electrons. The molecule has 1 aromatic rings. The molecule has 1 aliphatic heterocycles. The summed E-state index contributed by atoms with van der Waals surface area (Å²) in [5, 5.41) is 3.44. The first-order valence-electron chi connectivity index (χ1n) is 7.11. The highest BCUT2D eigenvalue weighted by Crippen LogP contribution is 2.22. The highest BCUT2D eigenvalue weighted by atomic mass is 16.5. The van der Waals surface area contributed by atoms with Crippen LogP contribution >= 0.6 is 0 Å². The lowest BCUT2D eigenvalue weighted by molar-refractivity contribution is 0.161. The number of aromatic nitrogens is 1. The Kier molecular flexibility index (Phi) is 5.16. The normalized spacial score (nSPS) is 19.4. The van der Waals surface area contributed by atoms with Gasteiger partial charge in [0.2, 0.25) is 0 Å². The fraction of sp³-hybridized carbons (Fsp3) is 0.667. The van der Waals surface area contributed by atoms with E-state index in [-0.39, 0.29) is 0 Å². The molecular formula is C15H25N3O. The number of hydrogen-bond donors (Lipinski definition) is 1. The van der Waals surface area contributed by atoms with Crippen molar-refractivity contribution in [3.8, 4) is 0 Å². The number of hydrogen-bond acceptors (Lipinski definition) is 4. The molecule has 4 heteroatoms. The summed E-state index contributed by atoms with van der Waals surface area (Å²) in [7, 11) is 1.78. The molecule has 0 spiro atoms. The standard InChI is InChI=1S/C15H25N3O/c1-12(2)17-9-13-4-6-16-15(8-13)18-7-5-14(10-18)11-19-3/h4,6,8,12,14,17H,5,7,9-11H2,1-3H3. The number of nitrogens with zero attached hydrogens (tertiary/aromatic N) is 2. The van der Waals surface area contributed by atoms with Crippen molar-refractivity contribution in [2.24, 2.45) is 5.92 Å². The summed E-state index contributed by atoms with van der Waals surface area (Å²) in [5.74, 6) is 1.74. The van der Waals surface area contributed by atoms with Crippen molar-refractivity contribution in [1.82, 2.24) is 10.3 Å². The predicted molar refractivity (Wildman–Crippen MR) is 78.4 cm³/mol. The van der Waals surface area contributed by atoms with Crippen LogP contribution in [0.15, 0.2) is 18.3 Å². The van der Waals surface area contributed by atoms with E-state index in [4.69, 9.17) is 4.74 Å². The Morgan fingerprint density at radius 3 is 3.11 bits per heavy atom. The highest BCUT2D eigenvalue weighted by Gasteiger charge is 2.23. The van der Waals surface area contributed by atoms with E-state index in [1.54, 1.807) is 7.11 Å². The average molecular weight is 263 g/mol. The molecular weight excluding hydrogens is 238 g/mol. The highest BCUT2D eigenvalue weighted by molar-refractivity contribution is 5.42. The molecule has 1 aromatic heterocycles. The molecule has 1 N–H and O–H groups in total. The van der Waals surface area contributed by atoms with Crippen molar-refractivity contribution >= 4 is 5.82 Å². The van der Waals surface area contributed by atoms with Crippen LogP contribution in [-0.2, 0) is 11.3 Å². The van der Waals surface area contributed by atoms with Crippen LogP contribution in [0.3, 0.4) is 0 Å². The lowest BCUT2D eigenvalue weighted by atomic mass is 10.1. The van der Waals surface area contributed by atoms with Gasteiger partial charge in [0.15, 0.2) is 0 Å². The van der Waals surface area contributed by atoms with Gasteiger partial charge in [-0.3, -0.25) is 0 Å². The average Bonchev–Trinajstić information content (AvgIpc) is 2.86. The van der Waals surface area contributed by atoms with E-state index in [1.807, 2.05) is 6.20 Å². The summed E-state index contributed by atoms with van der Waals surface area (Å²) in [4.78, 5) is 6.86. The second-order valence-electron chi connectivity index (χ2n) is 5.61. The van der Waals surface area contributed by atoms with E-state index in [2.05, 4.69) is 41.2 Å². The topological polar surface area (TPSA) is 37.4 Å². The Morgan fingerprint density at radius 2 is 2.37 bits per heavy atom. The van der Waals surface area contributed by atoms with Gasteiger partial charge in [-0.2, -0.15) is 0 Å². The summed E-state index contributed by atoms with van der Waals surface area (Å²) >= 11 is 0. The molecule has 1 fully saturated rings. The van der Waals surface area contributed by atoms with E-state index < -0.39 is 0 Å². The molecule has 0 saturated carbocycles. The molecule has 2 heterocycles. The SMILES string of the molecule is COCC1CCN(c2cc(CNC(C)C)ccn2)C1. The van der Waals surface area contributed by atoms with Crippen LogP contribution in [0.5, 0.6) is 0 Å². The van der Waals surface area contributed by atoms with Gasteiger partial charge >= 0.3 is 0 Å². The van der Waals surface area contributed by atoms with Crippen LogP contribution in [0.4, 0.5) is 5.82 Å². The molecule has 19 heavy (non-hydrogen) atoms. The van der Waals surface area contributed by atoms with Crippen LogP contribution < -0.4 is 10.2 Å². The Morgan fingerprint density at radius 1 is 1.53 bits per heavy atom. The molecule has 4 nitrogen and oxygen atoms in total. The number of nitrogens with one attached hydrogen (secondary N) is 1. The van der Waals surface area contributed by atoms with Crippen LogP contribution in [0.1, 0.15) is 25.8 Å². The zero-order valence-electron chi connectivity index (χ0n) is 12.2. The zero-order valence-corrected chi connectivity index (χ0v) is 12.2. The van der Waals surface area contributed by atoms with Gasteiger partial charge in [-0.15, -0.1) is 0 Å². The molecule has 0 aliphatic carbocycles. The molecule has 1 unspecified atom stereocenters. The number of pyridine rings is 1. The van der Waals surface area contributed by atoms with Gasteiger partial charge in [0.25, 0.3) is 0 Å². The molecule has 1 saturated heterocycles. The second kappa shape index (κ2) is 6.87. The Hall–Kier alpha value is -1.13. The maximum absolute atomic E-state index is 5.24. The monoisotopic (exact) mass is 263 g/mol. The quantitative estimate of drug-likeness (QED) is 0.852. The van der Waals surface area contributed by atoms with Crippen LogP contribution in [0.2, 0.25) is 0 Å². The van der Waals surface area contributed by atoms with Crippen molar-refractivity contribution in [2.45, 2.75) is 32.9 Å². The van der Waals surface area contributed by atoms with Gasteiger partial charge in [0.1, 0.15) is 5.82 Å². The number of methoxy groups -OCH3 is 1. The lowest BCUT2D eigenvalue weighted by Gasteiger charge is -2.18. The van der Waals surface area contributed by atoms with Crippen molar-refractivity contribution in [3.05, 3.63) is 23.9 Å². The summed E-state index contributed by atoms with van der Waals surface area (Å²) < 4.78 is 5.24. The number of ether oxygens (including phenoxy) is 1. The fourth-order valence-corrected chi connectivity index (χ4v) is 2.48. The minimum atomic E-state index is 0.509. The maximum Gasteiger partial charge on any atom is 0.128 e. The third-order valence-electron chi connectivity index (χ3n) is 3.54. The Bertz CT molecular complexity index is 395. The van der Waals surface area contributed by atoms with Gasteiger partial charge in [-0.05, 0) is 24.1 Å². The minimum absolute atomic E-state index is 0.509. The van der Waals surface area contributed by atoms with Gasteiger partial charge in [-0.1, -0.05) is 13.8 Å². The first-order chi connectivity index (χ1) is 9.19. The first-order valence-corrected chi connectivity index (χ1v) is 7.11. The molecule has 0 radical (unpaired) electrons. The molecule has 1 atom stereocenters. The van der Waals surface area contributed by atoms with Crippen LogP contribution in [0, 0.1) is 5.92 Å². The van der Waals surface area contributed by atoms with E-state index >= 15 is 0 Å². The molecule has 0 amide bonds. The Labute approximate surface area is 116 Å². The van der Waals surface area contributed by atoms with Gasteiger partial charge in [-0.25, -0.2) is 4.98 Å². The van der Waals surface area contributed by atoms with Crippen molar-refractivity contribution in [3.63, 3.8) is 0 Å². The summed E-state index contributed by atoms with van der Waals surface area (Å²) in [5.41, 5.74) is 1.30. The molecule has 0 aromatic carbocycles. The maximum atomic E-state index is 5.24. The minimum Gasteiger partial charge on any atom is -0.384 e. The summed E-state index contributed by atoms with van der Waals surface area (Å²) in [6.45, 7) is 8.23. The van der Waals surface area contributed by atoms with Gasteiger partial charge in [0, 0.05) is 44.9 Å². The summed E-state index contributed by atoms with van der Waals surface area (Å²) in [6, 6.07) is 4.79. The van der Waals surface area contributed by atoms with E-state index in [0.29, 0.717) is 12.0 Å². The number of rotatable bonds is 6. The van der Waals surface area contributed by atoms with Crippen molar-refractivity contribution < 1.29 is 4.74 Å². The van der Waals surface area contributed by atoms with Crippen LogP contribution in [-0.4, -0.2) is 37.8 Å². The molecule has 0 bridgehead atoms. The molecule has 2 rings (SSSR count). The van der Waals surface area contributed by atoms with Crippen LogP contribution in [0.25, 0.3) is 0 Å². The number of anilines is 1. The smallest absolute Gasteiger partial charge is 0.128 e. The molecule has 1 aliphatic rings. The van der Waals surface area contributed by atoms with Gasteiger partial charge < -0.3 is 15.0 Å². The third-order valence-corrected chi connectivity index (χ3v) is 3.54. The Balaban J connectivity index is 1.95. The summed E-state index contributed by atoms with van der Waals surface area (Å²) in [6.07, 6.45) is 3.11. The van der Waals surface area contributed by atoms with E-state index in [1.165, 1.54) is 12.0 Å². The van der Waals surface area contributed by atoms with Crippen molar-refractivity contribution in [2.75, 3.05) is 31.7 Å². The van der Waals surface area contributed by atoms with Crippen molar-refractivity contribution in [1.29, 1.82) is 0 Å². The predicted octanol–water partition coefficient (Wildman–Crippen LogP) is 2.05. The largest absolute Gasteiger partial charge is 0.384 e. The fourth-order valence-electron chi connectivity index (χ4n) is 2.48. The van der Waals surface area contributed by atoms with Gasteiger partial charge in [0.05, 0.1) is 6.61 Å². The van der Waals surface area contributed by atoms with E-state index in [9.17, 15) is 0 Å². The third kappa shape index (κ3) is 4.18. The lowest BCUT2D eigenvalue weighted by Crippen LogP contribution is -2.24.